The fraction of sp³-hybridized carbons (Fsp3) is 0.400. The lowest BCUT2D eigenvalue weighted by molar-refractivity contribution is 0.100. The van der Waals surface area contributed by atoms with Crippen molar-refractivity contribution in [3.8, 4) is 11.8 Å². The second-order valence-corrected chi connectivity index (χ2v) is 8.84. The number of benzene rings is 1. The van der Waals surface area contributed by atoms with Gasteiger partial charge in [-0.05, 0) is 56.5 Å². The fourth-order valence-corrected chi connectivity index (χ4v) is 4.76. The van der Waals surface area contributed by atoms with E-state index < -0.39 is 12.6 Å². The van der Waals surface area contributed by atoms with E-state index in [1.807, 2.05) is 48.6 Å². The maximum absolute atomic E-state index is 13.6. The molecule has 1 amide bonds. The van der Waals surface area contributed by atoms with Crippen molar-refractivity contribution in [3.63, 3.8) is 0 Å². The number of fused-ring (bicyclic) bond motifs is 1. The lowest BCUT2D eigenvalue weighted by Crippen LogP contribution is -2.25. The Kier molecular flexibility index (Phi) is 5.74. The zero-order valence-electron chi connectivity index (χ0n) is 19.3. The summed E-state index contributed by atoms with van der Waals surface area (Å²) in [6.07, 6.45) is 8.63. The quantitative estimate of drug-likeness (QED) is 0.550. The Morgan fingerprint density at radius 2 is 2.15 bits per heavy atom. The average Bonchev–Trinajstić information content (AvgIpc) is 3.29. The van der Waals surface area contributed by atoms with Gasteiger partial charge in [0.25, 0.3) is 5.91 Å². The summed E-state index contributed by atoms with van der Waals surface area (Å²) in [5.41, 5.74) is 9.04. The van der Waals surface area contributed by atoms with Gasteiger partial charge in [-0.15, -0.1) is 0 Å². The molecule has 0 unspecified atom stereocenters. The molecule has 0 spiro atoms. The van der Waals surface area contributed by atoms with E-state index in [-0.39, 0.29) is 17.6 Å². The first-order chi connectivity index (χ1) is 16.5. The van der Waals surface area contributed by atoms with Gasteiger partial charge in [-0.3, -0.25) is 4.79 Å². The number of hydrogen-bond acceptors (Lipinski definition) is 5. The summed E-state index contributed by atoms with van der Waals surface area (Å²) in [7, 11) is 1.71. The zero-order chi connectivity index (χ0) is 23.8. The number of aromatic nitrogens is 4. The minimum atomic E-state index is -0.608. The molecule has 1 saturated heterocycles. The van der Waals surface area contributed by atoms with Crippen LogP contribution in [-0.2, 0) is 0 Å². The third-order valence-electron chi connectivity index (χ3n) is 6.53. The highest BCUT2D eigenvalue weighted by Crippen LogP contribution is 2.37. The lowest BCUT2D eigenvalue weighted by atomic mass is 10.1. The maximum atomic E-state index is 13.6. The van der Waals surface area contributed by atoms with Gasteiger partial charge in [0.2, 0.25) is 0 Å². The first kappa shape index (κ1) is 22.0. The van der Waals surface area contributed by atoms with Crippen LogP contribution in [-0.4, -0.2) is 56.4 Å². The second-order valence-electron chi connectivity index (χ2n) is 8.84. The summed E-state index contributed by atoms with van der Waals surface area (Å²) in [6, 6.07) is 6.13. The van der Waals surface area contributed by atoms with Crippen LogP contribution in [0.3, 0.4) is 0 Å². The number of likely N-dealkylation sites (tertiary alicyclic amines) is 1. The fourth-order valence-electron chi connectivity index (χ4n) is 4.76. The van der Waals surface area contributed by atoms with Crippen molar-refractivity contribution in [1.82, 2.24) is 24.2 Å². The van der Waals surface area contributed by atoms with E-state index in [0.717, 1.165) is 16.6 Å². The number of anilines is 1. The highest BCUT2D eigenvalue weighted by atomic mass is 19.1. The number of nitrogens with one attached hydrogen (secondary N) is 1. The molecule has 2 aromatic heterocycles. The van der Waals surface area contributed by atoms with Gasteiger partial charge >= 0.3 is 0 Å². The molecule has 8 nitrogen and oxygen atoms in total. The number of carbonyl (C=O) groups excluding carboxylic acids is 1. The Morgan fingerprint density at radius 1 is 1.32 bits per heavy atom. The van der Waals surface area contributed by atoms with Crippen molar-refractivity contribution in [1.29, 1.82) is 0 Å². The topological polar surface area (TPSA) is 94.0 Å². The Morgan fingerprint density at radius 3 is 2.82 bits per heavy atom. The van der Waals surface area contributed by atoms with E-state index in [1.165, 1.54) is 12.8 Å². The SMILES string of the molecule is CC=CN1C[C@@H](n2nc(C#Cc3ccc4c(c3)ncn4C3CC3)c(C(N)=O)c2NC)C[C@@H]1CF. The number of halogens is 1. The van der Waals surface area contributed by atoms with Crippen LogP contribution >= 0.6 is 0 Å². The molecule has 3 heterocycles. The summed E-state index contributed by atoms with van der Waals surface area (Å²) in [5.74, 6) is 6.05. The molecule has 1 aliphatic heterocycles. The lowest BCUT2D eigenvalue weighted by Gasteiger charge is -2.19. The molecule has 2 atom stereocenters. The Balaban J connectivity index is 1.49. The van der Waals surface area contributed by atoms with Gasteiger partial charge < -0.3 is 20.5 Å². The van der Waals surface area contributed by atoms with Crippen molar-refractivity contribution in [2.75, 3.05) is 25.6 Å². The van der Waals surface area contributed by atoms with E-state index in [1.54, 1.807) is 11.7 Å². The predicted molar refractivity (Wildman–Crippen MR) is 129 cm³/mol. The molecule has 2 aliphatic rings. The Hall–Kier alpha value is -3.80. The monoisotopic (exact) mass is 461 g/mol. The summed E-state index contributed by atoms with van der Waals surface area (Å²) >= 11 is 0. The third kappa shape index (κ3) is 3.89. The van der Waals surface area contributed by atoms with Crippen LogP contribution in [0.1, 0.15) is 59.9 Å². The first-order valence-electron chi connectivity index (χ1n) is 11.6. The molecule has 9 heteroatoms. The van der Waals surface area contributed by atoms with Gasteiger partial charge in [0, 0.05) is 25.2 Å². The highest BCUT2D eigenvalue weighted by molar-refractivity contribution is 6.00. The van der Waals surface area contributed by atoms with E-state index in [9.17, 15) is 9.18 Å². The molecule has 2 fully saturated rings. The van der Waals surface area contributed by atoms with Crippen molar-refractivity contribution < 1.29 is 9.18 Å². The molecule has 0 radical (unpaired) electrons. The molecule has 3 aromatic rings. The van der Waals surface area contributed by atoms with Crippen molar-refractivity contribution in [3.05, 3.63) is 53.6 Å². The Bertz CT molecular complexity index is 1320. The molecular weight excluding hydrogens is 433 g/mol. The molecule has 3 N–H and O–H groups in total. The van der Waals surface area contributed by atoms with Crippen LogP contribution in [0.2, 0.25) is 0 Å². The number of primary amides is 1. The van der Waals surface area contributed by atoms with Gasteiger partial charge in [-0.1, -0.05) is 12.0 Å². The number of amides is 1. The van der Waals surface area contributed by atoms with Crippen LogP contribution in [0.25, 0.3) is 11.0 Å². The summed E-state index contributed by atoms with van der Waals surface area (Å²) in [4.78, 5) is 18.8. The van der Waals surface area contributed by atoms with Crippen LogP contribution in [0.4, 0.5) is 10.2 Å². The van der Waals surface area contributed by atoms with Gasteiger partial charge in [0.05, 0.1) is 29.4 Å². The predicted octanol–water partition coefficient (Wildman–Crippen LogP) is 3.23. The average molecular weight is 462 g/mol. The first-order valence-corrected chi connectivity index (χ1v) is 11.6. The molecular formula is C25H28FN7O. The number of hydrogen-bond donors (Lipinski definition) is 2. The summed E-state index contributed by atoms with van der Waals surface area (Å²) < 4.78 is 17.5. The standard InChI is InChI=1S/C25H28FN7O/c1-3-10-31-14-19(12-18(31)13-26)33-25(28-2)23(24(27)34)20(30-33)8-4-16-5-9-22-21(11-16)29-15-32(22)17-6-7-17/h3,5,9-11,15,17-19,28H,6-7,12-14H2,1-2H3,(H2,27,34)/t18-,19+/m1/s1. The number of nitrogens with two attached hydrogens (primary N) is 1. The van der Waals surface area contributed by atoms with Crippen molar-refractivity contribution in [2.24, 2.45) is 5.73 Å². The number of rotatable bonds is 6. The van der Waals surface area contributed by atoms with Crippen LogP contribution in [0, 0.1) is 11.8 Å². The molecule has 1 aliphatic carbocycles. The number of allylic oxidation sites excluding steroid dienone is 1. The van der Waals surface area contributed by atoms with Gasteiger partial charge in [-0.25, -0.2) is 14.1 Å². The van der Waals surface area contributed by atoms with Crippen molar-refractivity contribution in [2.45, 2.75) is 44.3 Å². The molecule has 1 aromatic carbocycles. The number of alkyl halides is 1. The van der Waals surface area contributed by atoms with Crippen molar-refractivity contribution >= 4 is 22.8 Å². The van der Waals surface area contributed by atoms with Crippen LogP contribution in [0.15, 0.2) is 36.8 Å². The summed E-state index contributed by atoms with van der Waals surface area (Å²) in [6.45, 7) is 2.04. The minimum Gasteiger partial charge on any atom is -0.373 e. The molecule has 5 rings (SSSR count). The molecule has 34 heavy (non-hydrogen) atoms. The largest absolute Gasteiger partial charge is 0.373 e. The Labute approximate surface area is 197 Å². The molecule has 0 bridgehead atoms. The number of carbonyl (C=O) groups is 1. The molecule has 176 valence electrons. The summed E-state index contributed by atoms with van der Waals surface area (Å²) in [5, 5.41) is 7.70. The van der Waals surface area contributed by atoms with E-state index in [0.29, 0.717) is 30.5 Å². The van der Waals surface area contributed by atoms with Gasteiger partial charge in [0.15, 0.2) is 5.69 Å². The maximum Gasteiger partial charge on any atom is 0.255 e. The second kappa shape index (κ2) is 8.86. The smallest absolute Gasteiger partial charge is 0.255 e. The zero-order valence-corrected chi connectivity index (χ0v) is 19.3. The van der Waals surface area contributed by atoms with E-state index in [4.69, 9.17) is 5.73 Å². The number of imidazole rings is 1. The molecule has 1 saturated carbocycles. The number of nitrogens with zero attached hydrogens (tertiary/aromatic N) is 5. The van der Waals surface area contributed by atoms with Crippen LogP contribution < -0.4 is 11.1 Å². The van der Waals surface area contributed by atoms with Crippen LogP contribution in [0.5, 0.6) is 0 Å². The van der Waals surface area contributed by atoms with Gasteiger partial charge in [-0.2, -0.15) is 5.10 Å². The normalized spacial score (nSPS) is 20.1. The van der Waals surface area contributed by atoms with E-state index >= 15 is 0 Å². The minimum absolute atomic E-state index is 0.115. The van der Waals surface area contributed by atoms with E-state index in [2.05, 4.69) is 31.8 Å². The third-order valence-corrected chi connectivity index (χ3v) is 6.53. The highest BCUT2D eigenvalue weighted by Gasteiger charge is 2.34. The van der Waals surface area contributed by atoms with Gasteiger partial charge in [0.1, 0.15) is 18.1 Å².